The number of nitrogens with one attached hydrogen (secondary N) is 3. The highest BCUT2D eigenvalue weighted by molar-refractivity contribution is 7.98. The quantitative estimate of drug-likeness (QED) is 0.313. The Kier molecular flexibility index (Phi) is 3.71. The highest BCUT2D eigenvalue weighted by atomic mass is 32.2. The van der Waals surface area contributed by atoms with E-state index in [1.54, 1.807) is 24.3 Å². The number of aromatic nitrogens is 4. The zero-order valence-corrected chi connectivity index (χ0v) is 11.5. The Bertz CT molecular complexity index is 829. The number of hydrogen-bond donors (Lipinski definition) is 4. The molecule has 0 aliphatic carbocycles. The summed E-state index contributed by atoms with van der Waals surface area (Å²) in [6, 6.07) is 6.73. The number of thioether (sulfide) groups is 1. The summed E-state index contributed by atoms with van der Waals surface area (Å²) in [4.78, 5) is 25.3. The second-order valence-corrected chi connectivity index (χ2v) is 5.19. The predicted molar refractivity (Wildman–Crippen MR) is 76.3 cm³/mol. The fourth-order valence-corrected chi connectivity index (χ4v) is 2.75. The molecule has 1 aromatic carbocycles. The first kappa shape index (κ1) is 13.8. The Morgan fingerprint density at radius 2 is 2.19 bits per heavy atom. The SMILES string of the molecule is O=c1[nH]c(SCc2ccccc2[NH+]([O-])O)nc2nc[nH]c12. The Morgan fingerprint density at radius 1 is 1.38 bits per heavy atom. The fourth-order valence-electron chi connectivity index (χ4n) is 1.89. The van der Waals surface area contributed by atoms with Crippen molar-refractivity contribution >= 4 is 28.6 Å². The van der Waals surface area contributed by atoms with Gasteiger partial charge in [0, 0.05) is 17.4 Å². The second kappa shape index (κ2) is 5.66. The van der Waals surface area contributed by atoms with Gasteiger partial charge in [-0.25, -0.2) is 15.2 Å². The molecule has 0 spiro atoms. The molecule has 0 aliphatic heterocycles. The summed E-state index contributed by atoms with van der Waals surface area (Å²) in [6.07, 6.45) is 1.40. The Labute approximate surface area is 122 Å². The van der Waals surface area contributed by atoms with Crippen LogP contribution >= 0.6 is 11.8 Å². The van der Waals surface area contributed by atoms with Crippen molar-refractivity contribution in [3.63, 3.8) is 0 Å². The summed E-state index contributed by atoms with van der Waals surface area (Å²) in [5, 5.41) is 19.7. The summed E-state index contributed by atoms with van der Waals surface area (Å²) < 4.78 is 0. The van der Waals surface area contributed by atoms with Gasteiger partial charge < -0.3 is 10.2 Å². The van der Waals surface area contributed by atoms with Gasteiger partial charge in [0.25, 0.3) is 5.56 Å². The van der Waals surface area contributed by atoms with Gasteiger partial charge in [-0.05, 0) is 0 Å². The van der Waals surface area contributed by atoms with Crippen LogP contribution in [0.3, 0.4) is 0 Å². The first-order valence-electron chi connectivity index (χ1n) is 6.02. The summed E-state index contributed by atoms with van der Waals surface area (Å²) in [5.74, 6) is 0.390. The Balaban J connectivity index is 1.85. The molecule has 4 N–H and O–H groups in total. The highest BCUT2D eigenvalue weighted by Crippen LogP contribution is 2.22. The van der Waals surface area contributed by atoms with E-state index in [4.69, 9.17) is 5.21 Å². The molecule has 0 aliphatic rings. The van der Waals surface area contributed by atoms with Crippen LogP contribution in [-0.2, 0) is 5.75 Å². The number of fused-ring (bicyclic) bond motifs is 1. The molecule has 9 heteroatoms. The van der Waals surface area contributed by atoms with E-state index in [0.29, 0.717) is 27.6 Å². The van der Waals surface area contributed by atoms with Crippen LogP contribution in [0.5, 0.6) is 0 Å². The lowest BCUT2D eigenvalue weighted by molar-refractivity contribution is -0.991. The summed E-state index contributed by atoms with van der Waals surface area (Å²) in [7, 11) is 0. The van der Waals surface area contributed by atoms with E-state index >= 15 is 0 Å². The van der Waals surface area contributed by atoms with Gasteiger partial charge in [-0.3, -0.25) is 9.78 Å². The minimum atomic E-state index is -0.976. The number of rotatable bonds is 4. The number of aromatic amines is 2. The smallest absolute Gasteiger partial charge is 0.277 e. The molecule has 8 nitrogen and oxygen atoms in total. The molecule has 3 rings (SSSR count). The van der Waals surface area contributed by atoms with Crippen LogP contribution < -0.4 is 10.8 Å². The predicted octanol–water partition coefficient (Wildman–Crippen LogP) is 0.342. The van der Waals surface area contributed by atoms with Crippen molar-refractivity contribution in [2.75, 3.05) is 0 Å². The van der Waals surface area contributed by atoms with Crippen molar-refractivity contribution in [2.45, 2.75) is 10.9 Å². The van der Waals surface area contributed by atoms with Crippen LogP contribution in [0.15, 0.2) is 40.5 Å². The first-order valence-corrected chi connectivity index (χ1v) is 7.01. The molecule has 3 aromatic rings. The van der Waals surface area contributed by atoms with Gasteiger partial charge in [0.15, 0.2) is 22.0 Å². The maximum absolute atomic E-state index is 11.8. The van der Waals surface area contributed by atoms with Crippen molar-refractivity contribution in [1.29, 1.82) is 0 Å². The maximum Gasteiger partial charge on any atom is 0.277 e. The Morgan fingerprint density at radius 3 is 3.00 bits per heavy atom. The normalized spacial score (nSPS) is 12.7. The molecule has 0 fully saturated rings. The number of benzene rings is 1. The van der Waals surface area contributed by atoms with Gasteiger partial charge in [0.1, 0.15) is 0 Å². The zero-order chi connectivity index (χ0) is 14.8. The number of para-hydroxylation sites is 1. The van der Waals surface area contributed by atoms with Gasteiger partial charge in [-0.2, -0.15) is 5.23 Å². The largest absolute Gasteiger partial charge is 0.595 e. The fraction of sp³-hybridized carbons (Fsp3) is 0.0833. The van der Waals surface area contributed by atoms with Crippen LogP contribution in [0, 0.1) is 5.21 Å². The van der Waals surface area contributed by atoms with Crippen LogP contribution in [0.1, 0.15) is 5.56 Å². The molecule has 2 heterocycles. The topological polar surface area (TPSA) is 122 Å². The average Bonchev–Trinajstić information content (AvgIpc) is 2.94. The number of imidazole rings is 1. The number of quaternary nitrogens is 1. The molecule has 1 unspecified atom stereocenters. The molecule has 21 heavy (non-hydrogen) atoms. The lowest BCUT2D eigenvalue weighted by Gasteiger charge is -2.14. The van der Waals surface area contributed by atoms with Gasteiger partial charge >= 0.3 is 0 Å². The molecule has 2 aromatic heterocycles. The van der Waals surface area contributed by atoms with Crippen LogP contribution in [0.2, 0.25) is 0 Å². The van der Waals surface area contributed by atoms with E-state index in [1.165, 1.54) is 18.1 Å². The summed E-state index contributed by atoms with van der Waals surface area (Å²) >= 11 is 1.25. The molecule has 0 radical (unpaired) electrons. The van der Waals surface area contributed by atoms with Crippen molar-refractivity contribution in [3.05, 3.63) is 51.7 Å². The van der Waals surface area contributed by atoms with E-state index in [0.717, 1.165) is 0 Å². The first-order chi connectivity index (χ1) is 10.1. The third kappa shape index (κ3) is 2.81. The minimum Gasteiger partial charge on any atom is -0.595 e. The lowest BCUT2D eigenvalue weighted by Crippen LogP contribution is -2.99. The third-order valence-corrected chi connectivity index (χ3v) is 3.81. The minimum absolute atomic E-state index is 0.244. The van der Waals surface area contributed by atoms with Gasteiger partial charge in [-0.1, -0.05) is 30.0 Å². The number of H-pyrrole nitrogens is 2. The van der Waals surface area contributed by atoms with Crippen molar-refractivity contribution < 1.29 is 10.4 Å². The van der Waals surface area contributed by atoms with Crippen molar-refractivity contribution in [2.24, 2.45) is 0 Å². The molecule has 1 atom stereocenters. The average molecular weight is 305 g/mol. The summed E-state index contributed by atoms with van der Waals surface area (Å²) in [5.41, 5.74) is 1.28. The van der Waals surface area contributed by atoms with E-state index in [1.807, 2.05) is 0 Å². The van der Waals surface area contributed by atoms with E-state index < -0.39 is 5.23 Å². The van der Waals surface area contributed by atoms with Crippen LogP contribution in [0.25, 0.3) is 11.2 Å². The van der Waals surface area contributed by atoms with E-state index in [9.17, 15) is 10.0 Å². The lowest BCUT2D eigenvalue weighted by atomic mass is 10.2. The number of nitrogens with zero attached hydrogens (tertiary/aromatic N) is 2. The number of hydrogen-bond acceptors (Lipinski definition) is 6. The van der Waals surface area contributed by atoms with Crippen LogP contribution in [-0.4, -0.2) is 25.1 Å². The molecule has 0 bridgehead atoms. The van der Waals surface area contributed by atoms with E-state index in [2.05, 4.69) is 19.9 Å². The van der Waals surface area contributed by atoms with Crippen LogP contribution in [0.4, 0.5) is 5.69 Å². The van der Waals surface area contributed by atoms with Gasteiger partial charge in [0.2, 0.25) is 0 Å². The van der Waals surface area contributed by atoms with Crippen molar-refractivity contribution in [3.8, 4) is 0 Å². The Hall–Kier alpha value is -2.20. The highest BCUT2D eigenvalue weighted by Gasteiger charge is 2.10. The van der Waals surface area contributed by atoms with Gasteiger partial charge in [0.05, 0.1) is 6.33 Å². The zero-order valence-electron chi connectivity index (χ0n) is 10.7. The van der Waals surface area contributed by atoms with E-state index in [-0.39, 0.29) is 11.2 Å². The monoisotopic (exact) mass is 305 g/mol. The molecule has 0 saturated carbocycles. The third-order valence-electron chi connectivity index (χ3n) is 2.89. The van der Waals surface area contributed by atoms with Gasteiger partial charge in [-0.15, -0.1) is 0 Å². The molecular formula is C12H11N5O3S. The van der Waals surface area contributed by atoms with Crippen molar-refractivity contribution in [1.82, 2.24) is 19.9 Å². The molecule has 0 saturated heterocycles. The summed E-state index contributed by atoms with van der Waals surface area (Å²) in [6.45, 7) is 0. The molecular weight excluding hydrogens is 294 g/mol. The second-order valence-electron chi connectivity index (χ2n) is 4.22. The maximum atomic E-state index is 11.8. The molecule has 108 valence electrons. The standard InChI is InChI=1S/C12H11N5O3S/c18-11-9-10(14-6-13-9)15-12(16-11)21-5-7-3-1-2-4-8(7)17(19)20/h1-4,6,17,19H,5H2,(H2,13,14,15,16,18). The molecule has 0 amide bonds.